The van der Waals surface area contributed by atoms with Crippen LogP contribution in [-0.4, -0.2) is 18.9 Å². The second-order valence-corrected chi connectivity index (χ2v) is 6.05. The first-order valence-electron chi connectivity index (χ1n) is 6.32. The molecule has 1 aliphatic rings. The zero-order chi connectivity index (χ0) is 12.3. The van der Waals surface area contributed by atoms with Crippen molar-refractivity contribution in [1.29, 1.82) is 0 Å². The average Bonchev–Trinajstić information content (AvgIpc) is 2.35. The molecule has 1 aliphatic heterocycles. The second kappa shape index (κ2) is 5.78. The fourth-order valence-electron chi connectivity index (χ4n) is 2.27. The van der Waals surface area contributed by atoms with Crippen LogP contribution in [0.25, 0.3) is 0 Å². The van der Waals surface area contributed by atoms with Crippen LogP contribution in [0.5, 0.6) is 5.75 Å². The van der Waals surface area contributed by atoms with Gasteiger partial charge in [0.15, 0.2) is 0 Å². The monoisotopic (exact) mass is 251 g/mol. The highest BCUT2D eigenvalue weighted by molar-refractivity contribution is 8.00. The van der Waals surface area contributed by atoms with Crippen molar-refractivity contribution in [3.63, 3.8) is 0 Å². The molecule has 0 fully saturated rings. The fourth-order valence-corrected chi connectivity index (χ4v) is 3.47. The van der Waals surface area contributed by atoms with Crippen molar-refractivity contribution in [3.05, 3.63) is 23.8 Å². The van der Waals surface area contributed by atoms with Crippen LogP contribution in [0.2, 0.25) is 0 Å². The van der Waals surface area contributed by atoms with Crippen molar-refractivity contribution >= 4 is 11.8 Å². The van der Waals surface area contributed by atoms with E-state index in [4.69, 9.17) is 4.74 Å². The van der Waals surface area contributed by atoms with Gasteiger partial charge in [-0.15, -0.1) is 11.8 Å². The average molecular weight is 251 g/mol. The molecule has 0 saturated carbocycles. The van der Waals surface area contributed by atoms with Crippen LogP contribution >= 0.6 is 11.8 Å². The van der Waals surface area contributed by atoms with Gasteiger partial charge in [0.1, 0.15) is 5.75 Å². The second-order valence-electron chi connectivity index (χ2n) is 4.57. The zero-order valence-electron chi connectivity index (χ0n) is 10.8. The number of hydrogen-bond donors (Lipinski definition) is 1. The third-order valence-electron chi connectivity index (χ3n) is 3.13. The van der Waals surface area contributed by atoms with Crippen molar-refractivity contribution in [3.8, 4) is 5.75 Å². The molecule has 0 aliphatic carbocycles. The lowest BCUT2D eigenvalue weighted by Crippen LogP contribution is -2.27. The Morgan fingerprint density at radius 3 is 3.00 bits per heavy atom. The van der Waals surface area contributed by atoms with Crippen molar-refractivity contribution in [2.24, 2.45) is 0 Å². The van der Waals surface area contributed by atoms with Gasteiger partial charge < -0.3 is 10.1 Å². The third kappa shape index (κ3) is 2.96. The maximum atomic E-state index is 5.32. The van der Waals surface area contributed by atoms with Crippen LogP contribution in [0.1, 0.15) is 38.3 Å². The number of benzene rings is 1. The lowest BCUT2D eigenvalue weighted by atomic mass is 10.0. The maximum Gasteiger partial charge on any atom is 0.119 e. The van der Waals surface area contributed by atoms with E-state index in [1.54, 1.807) is 7.11 Å². The van der Waals surface area contributed by atoms with Gasteiger partial charge in [0.25, 0.3) is 0 Å². The van der Waals surface area contributed by atoms with Crippen LogP contribution < -0.4 is 10.1 Å². The van der Waals surface area contributed by atoms with E-state index in [-0.39, 0.29) is 0 Å². The molecule has 1 aromatic rings. The molecule has 1 aromatic carbocycles. The molecule has 3 heteroatoms. The molecule has 0 spiro atoms. The number of thioether (sulfide) groups is 1. The number of hydrogen-bond acceptors (Lipinski definition) is 3. The molecule has 2 atom stereocenters. The lowest BCUT2D eigenvalue weighted by molar-refractivity contribution is 0.410. The Hall–Kier alpha value is -0.670. The SMILES string of the molecule is CCCNC1CC(C)Sc2ccc(OC)cc21. The van der Waals surface area contributed by atoms with Gasteiger partial charge in [-0.05, 0) is 43.1 Å². The molecule has 1 N–H and O–H groups in total. The number of rotatable bonds is 4. The largest absolute Gasteiger partial charge is 0.497 e. The summed E-state index contributed by atoms with van der Waals surface area (Å²) >= 11 is 1.97. The Morgan fingerprint density at radius 1 is 1.47 bits per heavy atom. The fraction of sp³-hybridized carbons (Fsp3) is 0.571. The van der Waals surface area contributed by atoms with E-state index < -0.39 is 0 Å². The van der Waals surface area contributed by atoms with Gasteiger partial charge in [0.2, 0.25) is 0 Å². The summed E-state index contributed by atoms with van der Waals surface area (Å²) < 4.78 is 5.32. The number of fused-ring (bicyclic) bond motifs is 1. The Balaban J connectivity index is 2.25. The molecule has 0 bridgehead atoms. The summed E-state index contributed by atoms with van der Waals surface area (Å²) in [6.07, 6.45) is 2.38. The number of methoxy groups -OCH3 is 1. The first kappa shape index (κ1) is 12.8. The third-order valence-corrected chi connectivity index (χ3v) is 4.35. The molecule has 0 amide bonds. The Labute approximate surface area is 108 Å². The summed E-state index contributed by atoms with van der Waals surface area (Å²) in [4.78, 5) is 1.40. The quantitative estimate of drug-likeness (QED) is 0.883. The first-order valence-corrected chi connectivity index (χ1v) is 7.20. The van der Waals surface area contributed by atoms with Crippen LogP contribution in [0.3, 0.4) is 0 Å². The Kier molecular flexibility index (Phi) is 4.35. The highest BCUT2D eigenvalue weighted by Gasteiger charge is 2.24. The lowest BCUT2D eigenvalue weighted by Gasteiger charge is -2.30. The Bertz CT molecular complexity index is 380. The van der Waals surface area contributed by atoms with Gasteiger partial charge in [0, 0.05) is 16.2 Å². The minimum atomic E-state index is 0.483. The predicted molar refractivity (Wildman–Crippen MR) is 74.0 cm³/mol. The van der Waals surface area contributed by atoms with Gasteiger partial charge in [0.05, 0.1) is 7.11 Å². The number of nitrogens with one attached hydrogen (secondary N) is 1. The van der Waals surface area contributed by atoms with Crippen molar-refractivity contribution in [1.82, 2.24) is 5.32 Å². The molecule has 0 saturated heterocycles. The topological polar surface area (TPSA) is 21.3 Å². The van der Waals surface area contributed by atoms with Gasteiger partial charge in [-0.25, -0.2) is 0 Å². The molecule has 0 radical (unpaired) electrons. The van der Waals surface area contributed by atoms with E-state index in [1.165, 1.54) is 23.3 Å². The summed E-state index contributed by atoms with van der Waals surface area (Å²) in [5.41, 5.74) is 1.40. The maximum absolute atomic E-state index is 5.32. The normalized spacial score (nSPS) is 23.2. The minimum Gasteiger partial charge on any atom is -0.497 e. The van der Waals surface area contributed by atoms with E-state index in [0.29, 0.717) is 11.3 Å². The van der Waals surface area contributed by atoms with Crippen LogP contribution in [0.15, 0.2) is 23.1 Å². The van der Waals surface area contributed by atoms with Gasteiger partial charge in [-0.2, -0.15) is 0 Å². The molecule has 2 nitrogen and oxygen atoms in total. The molecule has 94 valence electrons. The van der Waals surface area contributed by atoms with Crippen LogP contribution in [0.4, 0.5) is 0 Å². The van der Waals surface area contributed by atoms with Crippen molar-refractivity contribution < 1.29 is 4.74 Å². The number of ether oxygens (including phenoxy) is 1. The van der Waals surface area contributed by atoms with Crippen molar-refractivity contribution in [2.45, 2.75) is 42.9 Å². The van der Waals surface area contributed by atoms with Gasteiger partial charge >= 0.3 is 0 Å². The van der Waals surface area contributed by atoms with E-state index in [0.717, 1.165) is 12.3 Å². The summed E-state index contributed by atoms with van der Waals surface area (Å²) in [6, 6.07) is 6.91. The van der Waals surface area contributed by atoms with E-state index >= 15 is 0 Å². The molecule has 2 rings (SSSR count). The summed E-state index contributed by atoms with van der Waals surface area (Å²) in [5.74, 6) is 0.960. The summed E-state index contributed by atoms with van der Waals surface area (Å²) in [6.45, 7) is 5.59. The van der Waals surface area contributed by atoms with E-state index in [1.807, 2.05) is 11.8 Å². The smallest absolute Gasteiger partial charge is 0.119 e. The first-order chi connectivity index (χ1) is 8.24. The van der Waals surface area contributed by atoms with E-state index in [9.17, 15) is 0 Å². The molecule has 0 aromatic heterocycles. The molecular formula is C14H21NOS. The van der Waals surface area contributed by atoms with Crippen molar-refractivity contribution in [2.75, 3.05) is 13.7 Å². The Morgan fingerprint density at radius 2 is 2.29 bits per heavy atom. The summed E-state index contributed by atoms with van der Waals surface area (Å²) in [5, 5.41) is 4.33. The van der Waals surface area contributed by atoms with E-state index in [2.05, 4.69) is 37.4 Å². The highest BCUT2D eigenvalue weighted by Crippen LogP contribution is 2.41. The standard InChI is InChI=1S/C14H21NOS/c1-4-7-15-13-8-10(2)17-14-6-5-11(16-3)9-12(13)14/h5-6,9-10,13,15H,4,7-8H2,1-3H3. The predicted octanol–water partition coefficient (Wildman–Crippen LogP) is 3.62. The highest BCUT2D eigenvalue weighted by atomic mass is 32.2. The zero-order valence-corrected chi connectivity index (χ0v) is 11.6. The van der Waals surface area contributed by atoms with Crippen LogP contribution in [-0.2, 0) is 0 Å². The minimum absolute atomic E-state index is 0.483. The van der Waals surface area contributed by atoms with Gasteiger partial charge in [-0.1, -0.05) is 13.8 Å². The van der Waals surface area contributed by atoms with Gasteiger partial charge in [-0.3, -0.25) is 0 Å². The molecular weight excluding hydrogens is 230 g/mol. The molecule has 17 heavy (non-hydrogen) atoms. The molecule has 2 unspecified atom stereocenters. The summed E-state index contributed by atoms with van der Waals surface area (Å²) in [7, 11) is 1.73. The molecule has 1 heterocycles. The van der Waals surface area contributed by atoms with Crippen LogP contribution in [0, 0.1) is 0 Å².